The van der Waals surface area contributed by atoms with Crippen molar-refractivity contribution < 1.29 is 8.94 Å². The molecule has 13 rings (SSSR count). The molecule has 1 aliphatic rings. The van der Waals surface area contributed by atoms with Gasteiger partial charge < -0.3 is 23.2 Å². The number of aromatic amines is 3. The number of aromatic nitrogens is 7. The Hall–Kier alpha value is -6.97. The average molecular weight is 869 g/mol. The minimum Gasteiger partial charge on any atom is -0.450 e. The van der Waals surface area contributed by atoms with Gasteiger partial charge in [-0.25, -0.2) is 9.97 Å². The van der Waals surface area contributed by atoms with Crippen molar-refractivity contribution in [3.63, 3.8) is 0 Å². The molecule has 8 aromatic heterocycles. The molecule has 61 heavy (non-hydrogen) atoms. The molecule has 1 atom stereocenters. The Balaban J connectivity index is 1.48. The smallest absolute Gasteiger partial charge is 0.167 e. The number of H-pyrrole nitrogens is 3. The van der Waals surface area contributed by atoms with Gasteiger partial charge in [-0.15, -0.1) is 34.0 Å². The van der Waals surface area contributed by atoms with Crippen LogP contribution in [0.3, 0.4) is 0 Å². The standard InChI is InChI=1S/C47H32N8O2S4/c1-5-14-36-29(9-1)27-40(57-36)61(47-49-21-22-50-47,41-28-30-10-2-6-15-37(30)60-41,38-16-7-12-32-31-11-3-4-13-33(31)52-43(32)38)45(46-48-23-26-59-46)42(34-19-24-56-54-34)44(35-18-20-51-53-35)55(61)39-17-8-25-58-39/h1-28,44,52H,(H,49,50)(H,51,53). The van der Waals surface area contributed by atoms with Crippen molar-refractivity contribution >= 4 is 101 Å². The average Bonchev–Trinajstić information content (AvgIpc) is 4.14. The molecule has 0 amide bonds. The van der Waals surface area contributed by atoms with Crippen LogP contribution in [0, 0.1) is 0 Å². The summed E-state index contributed by atoms with van der Waals surface area (Å²) in [5.41, 5.74) is 5.08. The number of thiophene rings is 2. The number of nitrogens with zero attached hydrogens (tertiary/aromatic N) is 5. The van der Waals surface area contributed by atoms with E-state index < -0.39 is 14.5 Å². The van der Waals surface area contributed by atoms with Crippen molar-refractivity contribution in [2.24, 2.45) is 0 Å². The van der Waals surface area contributed by atoms with E-state index in [0.717, 1.165) is 78.1 Å². The maximum atomic E-state index is 7.82. The van der Waals surface area contributed by atoms with Crippen molar-refractivity contribution in [2.75, 3.05) is 4.31 Å². The van der Waals surface area contributed by atoms with Gasteiger partial charge in [0, 0.05) is 73.1 Å². The van der Waals surface area contributed by atoms with E-state index in [1.54, 1.807) is 40.3 Å². The number of hydrogen-bond donors (Lipinski definition) is 3. The number of nitrogens with one attached hydrogen (secondary N) is 3. The van der Waals surface area contributed by atoms with Gasteiger partial charge in [0.2, 0.25) is 0 Å². The van der Waals surface area contributed by atoms with Crippen molar-refractivity contribution in [1.29, 1.82) is 0 Å². The Labute approximate surface area is 358 Å². The predicted molar refractivity (Wildman–Crippen MR) is 247 cm³/mol. The zero-order chi connectivity index (χ0) is 40.2. The van der Waals surface area contributed by atoms with Crippen LogP contribution in [0.2, 0.25) is 0 Å². The molecule has 296 valence electrons. The number of benzene rings is 4. The number of furan rings is 1. The van der Waals surface area contributed by atoms with Crippen LogP contribution < -0.4 is 4.31 Å². The van der Waals surface area contributed by atoms with E-state index in [-0.39, 0.29) is 0 Å². The molecule has 4 aromatic carbocycles. The van der Waals surface area contributed by atoms with E-state index in [1.807, 2.05) is 42.3 Å². The van der Waals surface area contributed by atoms with Crippen LogP contribution >= 0.6 is 42.5 Å². The highest BCUT2D eigenvalue weighted by Gasteiger charge is 2.84. The fourth-order valence-corrected chi connectivity index (χ4v) is 24.4. The number of thiazole rings is 1. The summed E-state index contributed by atoms with van der Waals surface area (Å²) in [6.45, 7) is 0. The molecule has 0 aliphatic carbocycles. The molecular formula is C47H32N8O2S4. The molecule has 9 heterocycles. The van der Waals surface area contributed by atoms with E-state index in [1.165, 1.54) is 0 Å². The Morgan fingerprint density at radius 3 is 2.41 bits per heavy atom. The monoisotopic (exact) mass is 868 g/mol. The Morgan fingerprint density at radius 1 is 0.738 bits per heavy atom. The minimum atomic E-state index is -5.61. The van der Waals surface area contributed by atoms with Crippen LogP contribution in [-0.2, 0) is 0 Å². The first-order valence-electron chi connectivity index (χ1n) is 19.6. The topological polar surface area (TPSA) is 128 Å². The largest absolute Gasteiger partial charge is 0.450 e. The lowest BCUT2D eigenvalue weighted by Gasteiger charge is -2.78. The minimum absolute atomic E-state index is 0.602. The summed E-state index contributed by atoms with van der Waals surface area (Å²) in [5.74, 6) is 0. The fraction of sp³-hybridized carbons (Fsp3) is 0.0213. The van der Waals surface area contributed by atoms with Gasteiger partial charge in [-0.05, 0) is 73.8 Å². The van der Waals surface area contributed by atoms with Crippen LogP contribution in [0.25, 0.3) is 53.3 Å². The molecule has 0 radical (unpaired) electrons. The van der Waals surface area contributed by atoms with Crippen molar-refractivity contribution in [3.8, 4) is 0 Å². The molecule has 0 fully saturated rings. The first kappa shape index (κ1) is 34.8. The Bertz CT molecular complexity index is 3480. The van der Waals surface area contributed by atoms with Crippen molar-refractivity contribution in [3.05, 3.63) is 186 Å². The van der Waals surface area contributed by atoms with Crippen LogP contribution in [0.5, 0.6) is 0 Å². The molecule has 1 aliphatic heterocycles. The number of rotatable bonds is 8. The lowest BCUT2D eigenvalue weighted by Crippen LogP contribution is -2.51. The number of para-hydroxylation sites is 3. The summed E-state index contributed by atoms with van der Waals surface area (Å²) in [6.07, 6.45) is 9.16. The molecule has 3 N–H and O–H groups in total. The molecule has 14 heteroatoms. The van der Waals surface area contributed by atoms with Gasteiger partial charge >= 0.3 is 0 Å². The molecule has 0 saturated carbocycles. The Kier molecular flexibility index (Phi) is 7.03. The van der Waals surface area contributed by atoms with E-state index >= 15 is 0 Å². The van der Waals surface area contributed by atoms with Gasteiger partial charge in [0.1, 0.15) is 33.6 Å². The van der Waals surface area contributed by atoms with Gasteiger partial charge in [-0.2, -0.15) is 5.10 Å². The number of imidazole rings is 1. The van der Waals surface area contributed by atoms with Gasteiger partial charge in [0.25, 0.3) is 0 Å². The zero-order valence-corrected chi connectivity index (χ0v) is 35.2. The second-order valence-corrected chi connectivity index (χ2v) is 23.7. The summed E-state index contributed by atoms with van der Waals surface area (Å²) in [4.78, 5) is 20.9. The molecule has 0 saturated heterocycles. The second-order valence-electron chi connectivity index (χ2n) is 15.1. The van der Waals surface area contributed by atoms with Gasteiger partial charge in [-0.3, -0.25) is 5.10 Å². The van der Waals surface area contributed by atoms with E-state index in [2.05, 4.69) is 145 Å². The predicted octanol–water partition coefficient (Wildman–Crippen LogP) is 13.4. The Morgan fingerprint density at radius 2 is 1.62 bits per heavy atom. The lowest BCUT2D eigenvalue weighted by atomic mass is 10.0. The summed E-state index contributed by atoms with van der Waals surface area (Å²) in [6, 6.07) is 44.5. The van der Waals surface area contributed by atoms with Gasteiger partial charge in [0.05, 0.1) is 20.3 Å². The van der Waals surface area contributed by atoms with E-state index in [0.29, 0.717) is 15.9 Å². The first-order chi connectivity index (χ1) is 30.2. The highest BCUT2D eigenvalue weighted by Crippen LogP contribution is 3.16. The highest BCUT2D eigenvalue weighted by atomic mass is 32.4. The van der Waals surface area contributed by atoms with Gasteiger partial charge in [-0.1, -0.05) is 71.9 Å². The fourth-order valence-electron chi connectivity index (χ4n) is 10.2. The number of hydrogen-bond acceptors (Lipinski definition) is 10. The highest BCUT2D eigenvalue weighted by molar-refractivity contribution is 8.72. The van der Waals surface area contributed by atoms with Crippen LogP contribution in [-0.4, -0.2) is 35.3 Å². The molecule has 0 bridgehead atoms. The summed E-state index contributed by atoms with van der Waals surface area (Å²) in [5, 5.41) is 24.5. The number of fused-ring (bicyclic) bond motifs is 5. The van der Waals surface area contributed by atoms with Crippen LogP contribution in [0.4, 0.5) is 5.00 Å². The molecule has 0 spiro atoms. The third-order valence-corrected chi connectivity index (χ3v) is 24.4. The molecule has 1 unspecified atom stereocenters. The van der Waals surface area contributed by atoms with E-state index in [9.17, 15) is 0 Å². The third-order valence-electron chi connectivity index (χ3n) is 12.4. The van der Waals surface area contributed by atoms with Crippen molar-refractivity contribution in [1.82, 2.24) is 35.3 Å². The maximum absolute atomic E-state index is 7.82. The zero-order valence-electron chi connectivity index (χ0n) is 31.9. The first-order valence-corrected chi connectivity index (χ1v) is 24.6. The summed E-state index contributed by atoms with van der Waals surface area (Å²) < 4.78 is 18.4. The second kappa shape index (κ2) is 12.3. The summed E-state index contributed by atoms with van der Waals surface area (Å²) in [7, 11) is -5.61. The van der Waals surface area contributed by atoms with Gasteiger partial charge in [0.15, 0.2) is 10.2 Å². The van der Waals surface area contributed by atoms with Crippen LogP contribution in [0.1, 0.15) is 22.4 Å². The third kappa shape index (κ3) is 3.95. The summed E-state index contributed by atoms with van der Waals surface area (Å²) >= 11 is 5.02. The quantitative estimate of drug-likeness (QED) is 0.139. The van der Waals surface area contributed by atoms with E-state index in [4.69, 9.17) is 24.1 Å². The number of anilines is 1. The molecule has 12 aromatic rings. The molecule has 10 nitrogen and oxygen atoms in total. The lowest BCUT2D eigenvalue weighted by molar-refractivity contribution is 0.417. The van der Waals surface area contributed by atoms with Crippen molar-refractivity contribution in [2.45, 2.75) is 25.4 Å². The normalized spacial score (nSPS) is 18.2. The van der Waals surface area contributed by atoms with Crippen LogP contribution in [0.15, 0.2) is 197 Å². The maximum Gasteiger partial charge on any atom is 0.167 e. The molecular weight excluding hydrogens is 837 g/mol. The SMILES string of the molecule is c1csc(N2C(c3ccn[nH]3)C(c3ccon3)=C(c3nccs3)S2(c2ncc[nH]2)(c2cc3ccccc3o2)(c2cc3ccccc3s2)c2cccc3c2[nH]c2ccccc23)c1.